The summed E-state index contributed by atoms with van der Waals surface area (Å²) in [6.07, 6.45) is 4.16. The maximum Gasteiger partial charge on any atom is 0.0515 e. The fraction of sp³-hybridized carbons (Fsp3) is 0.800. The fourth-order valence-corrected chi connectivity index (χ4v) is 1.86. The van der Waals surface area contributed by atoms with Gasteiger partial charge in [-0.3, -0.25) is 0 Å². The lowest BCUT2D eigenvalue weighted by molar-refractivity contribution is 0.125. The van der Waals surface area contributed by atoms with Gasteiger partial charge in [0.05, 0.1) is 13.2 Å². The van der Waals surface area contributed by atoms with Gasteiger partial charge in [0.15, 0.2) is 0 Å². The van der Waals surface area contributed by atoms with Crippen LogP contribution in [0.15, 0.2) is 11.6 Å². The number of aliphatic hydroxyl groups is 2. The maximum atomic E-state index is 9.06. The molecule has 2 heteroatoms. The van der Waals surface area contributed by atoms with Crippen LogP contribution in [0.25, 0.3) is 0 Å². The van der Waals surface area contributed by atoms with Crippen LogP contribution in [-0.2, 0) is 0 Å². The molecular weight excluding hydrogens is 152 g/mol. The van der Waals surface area contributed by atoms with Crippen LogP contribution in [0.3, 0.4) is 0 Å². The third-order valence-corrected chi connectivity index (χ3v) is 2.90. The molecule has 0 amide bonds. The molecule has 1 atom stereocenters. The van der Waals surface area contributed by atoms with Gasteiger partial charge in [0, 0.05) is 5.41 Å². The fourth-order valence-electron chi connectivity index (χ4n) is 1.86. The molecule has 0 aromatic rings. The van der Waals surface area contributed by atoms with E-state index in [9.17, 15) is 0 Å². The molecule has 0 aromatic carbocycles. The van der Waals surface area contributed by atoms with Crippen LogP contribution in [0, 0.1) is 11.3 Å². The van der Waals surface area contributed by atoms with Crippen molar-refractivity contribution in [1.82, 2.24) is 0 Å². The monoisotopic (exact) mass is 170 g/mol. The van der Waals surface area contributed by atoms with Crippen LogP contribution in [0.4, 0.5) is 0 Å². The third kappa shape index (κ3) is 1.54. The van der Waals surface area contributed by atoms with Crippen molar-refractivity contribution >= 4 is 0 Å². The van der Waals surface area contributed by atoms with Gasteiger partial charge in [0.2, 0.25) is 0 Å². The molecule has 1 rings (SSSR count). The summed E-state index contributed by atoms with van der Waals surface area (Å²) in [5.41, 5.74) is 1.14. The molecule has 1 saturated carbocycles. The lowest BCUT2D eigenvalue weighted by Gasteiger charge is -2.10. The minimum atomic E-state index is -0.185. The lowest BCUT2D eigenvalue weighted by atomic mass is 10.0. The molecule has 0 unspecified atom stereocenters. The number of allylic oxidation sites excluding steroid dienone is 2. The zero-order valence-electron chi connectivity index (χ0n) is 7.88. The molecule has 0 heterocycles. The minimum Gasteiger partial charge on any atom is -0.396 e. The Balaban J connectivity index is 2.55. The Bertz CT molecular complexity index is 180. The van der Waals surface area contributed by atoms with Crippen molar-refractivity contribution in [3.63, 3.8) is 0 Å². The van der Waals surface area contributed by atoms with E-state index in [1.165, 1.54) is 5.57 Å². The Morgan fingerprint density at radius 2 is 2.08 bits per heavy atom. The first-order valence-corrected chi connectivity index (χ1v) is 4.58. The van der Waals surface area contributed by atoms with Gasteiger partial charge >= 0.3 is 0 Å². The second-order valence-electron chi connectivity index (χ2n) is 3.79. The molecule has 1 aliphatic carbocycles. The quantitative estimate of drug-likeness (QED) is 0.625. The van der Waals surface area contributed by atoms with Crippen LogP contribution in [0.2, 0.25) is 0 Å². The molecule has 2 N–H and O–H groups in total. The normalized spacial score (nSPS) is 27.3. The van der Waals surface area contributed by atoms with E-state index in [1.807, 2.05) is 0 Å². The molecule has 0 saturated heterocycles. The van der Waals surface area contributed by atoms with Crippen molar-refractivity contribution < 1.29 is 10.2 Å². The molecular formula is C10H18O2. The summed E-state index contributed by atoms with van der Waals surface area (Å²) in [6, 6.07) is 0. The van der Waals surface area contributed by atoms with Gasteiger partial charge in [0.25, 0.3) is 0 Å². The maximum absolute atomic E-state index is 9.06. The minimum absolute atomic E-state index is 0.114. The Kier molecular flexibility index (Phi) is 2.91. The first kappa shape index (κ1) is 9.75. The second kappa shape index (κ2) is 3.58. The molecule has 70 valence electrons. The van der Waals surface area contributed by atoms with Crippen LogP contribution in [0.5, 0.6) is 0 Å². The summed E-state index contributed by atoms with van der Waals surface area (Å²) >= 11 is 0. The average Bonchev–Trinajstić information content (AvgIpc) is 2.80. The molecule has 0 bridgehead atoms. The van der Waals surface area contributed by atoms with Crippen molar-refractivity contribution in [2.75, 3.05) is 13.2 Å². The van der Waals surface area contributed by atoms with Crippen molar-refractivity contribution in [2.24, 2.45) is 11.3 Å². The first-order chi connectivity index (χ1) is 5.70. The van der Waals surface area contributed by atoms with E-state index < -0.39 is 0 Å². The van der Waals surface area contributed by atoms with Gasteiger partial charge in [-0.2, -0.15) is 0 Å². The highest BCUT2D eigenvalue weighted by Crippen LogP contribution is 2.55. The molecule has 2 nitrogen and oxygen atoms in total. The van der Waals surface area contributed by atoms with E-state index >= 15 is 0 Å². The first-order valence-electron chi connectivity index (χ1n) is 4.58. The van der Waals surface area contributed by atoms with Crippen LogP contribution < -0.4 is 0 Å². The molecule has 0 aromatic heterocycles. The van der Waals surface area contributed by atoms with E-state index in [0.717, 1.165) is 12.8 Å². The van der Waals surface area contributed by atoms with Crippen molar-refractivity contribution in [2.45, 2.75) is 26.7 Å². The van der Waals surface area contributed by atoms with E-state index in [4.69, 9.17) is 10.2 Å². The van der Waals surface area contributed by atoms with E-state index in [-0.39, 0.29) is 18.6 Å². The van der Waals surface area contributed by atoms with Crippen LogP contribution >= 0.6 is 0 Å². The number of hydrogen-bond donors (Lipinski definition) is 2. The highest BCUT2D eigenvalue weighted by Gasteiger charge is 2.53. The van der Waals surface area contributed by atoms with Gasteiger partial charge < -0.3 is 10.2 Å². The zero-order valence-corrected chi connectivity index (χ0v) is 7.88. The Labute approximate surface area is 73.9 Å². The lowest BCUT2D eigenvalue weighted by Crippen LogP contribution is -2.15. The molecule has 0 aliphatic heterocycles. The number of rotatable bonds is 4. The molecule has 1 fully saturated rings. The summed E-state index contributed by atoms with van der Waals surface area (Å²) in [6.45, 7) is 4.42. The highest BCUT2D eigenvalue weighted by molar-refractivity contribution is 5.19. The SMILES string of the molecule is CC/C=C(/C)[C@@H]1CC1(CO)CO. The summed E-state index contributed by atoms with van der Waals surface area (Å²) in [5.74, 6) is 0.424. The van der Waals surface area contributed by atoms with E-state index in [0.29, 0.717) is 5.92 Å². The van der Waals surface area contributed by atoms with E-state index in [2.05, 4.69) is 19.9 Å². The predicted molar refractivity (Wildman–Crippen MR) is 48.8 cm³/mol. The van der Waals surface area contributed by atoms with Gasteiger partial charge in [-0.25, -0.2) is 0 Å². The van der Waals surface area contributed by atoms with E-state index in [1.54, 1.807) is 0 Å². The third-order valence-electron chi connectivity index (χ3n) is 2.90. The van der Waals surface area contributed by atoms with Gasteiger partial charge in [0.1, 0.15) is 0 Å². The Morgan fingerprint density at radius 1 is 1.50 bits per heavy atom. The van der Waals surface area contributed by atoms with Crippen molar-refractivity contribution in [1.29, 1.82) is 0 Å². The summed E-state index contributed by atoms with van der Waals surface area (Å²) < 4.78 is 0. The Hall–Kier alpha value is -0.340. The van der Waals surface area contributed by atoms with Gasteiger partial charge in [-0.1, -0.05) is 18.6 Å². The van der Waals surface area contributed by atoms with Crippen molar-refractivity contribution in [3.8, 4) is 0 Å². The molecule has 12 heavy (non-hydrogen) atoms. The smallest absolute Gasteiger partial charge is 0.0515 e. The number of aliphatic hydroxyl groups excluding tert-OH is 2. The highest BCUT2D eigenvalue weighted by atomic mass is 16.3. The van der Waals surface area contributed by atoms with Crippen LogP contribution in [0.1, 0.15) is 26.7 Å². The average molecular weight is 170 g/mol. The second-order valence-corrected chi connectivity index (χ2v) is 3.79. The largest absolute Gasteiger partial charge is 0.396 e. The standard InChI is InChI=1S/C10H18O2/c1-3-4-8(2)9-5-10(9,6-11)7-12/h4,9,11-12H,3,5-7H2,1-2H3/b8-4-/t9-/m0/s1. The molecule has 0 spiro atoms. The van der Waals surface area contributed by atoms with Gasteiger partial charge in [-0.15, -0.1) is 0 Å². The summed E-state index contributed by atoms with van der Waals surface area (Å²) in [5, 5.41) is 18.1. The zero-order chi connectivity index (χ0) is 9.19. The van der Waals surface area contributed by atoms with Crippen molar-refractivity contribution in [3.05, 3.63) is 11.6 Å². The summed E-state index contributed by atoms with van der Waals surface area (Å²) in [7, 11) is 0. The summed E-state index contributed by atoms with van der Waals surface area (Å²) in [4.78, 5) is 0. The van der Waals surface area contributed by atoms with Gasteiger partial charge in [-0.05, 0) is 25.7 Å². The Morgan fingerprint density at radius 3 is 2.42 bits per heavy atom. The predicted octanol–water partition coefficient (Wildman–Crippen LogP) is 1.33. The molecule has 0 radical (unpaired) electrons. The molecule has 1 aliphatic rings. The topological polar surface area (TPSA) is 40.5 Å². The van der Waals surface area contributed by atoms with Crippen LogP contribution in [-0.4, -0.2) is 23.4 Å². The number of hydrogen-bond acceptors (Lipinski definition) is 2.